The molecule has 1 aromatic carbocycles. The number of nitriles is 1. The zero-order chi connectivity index (χ0) is 11.4. The first-order valence-electron chi connectivity index (χ1n) is 5.00. The summed E-state index contributed by atoms with van der Waals surface area (Å²) in [6.07, 6.45) is 4.17. The number of nitrogens with one attached hydrogen (secondary N) is 1. The molecule has 2 rings (SSSR count). The van der Waals surface area contributed by atoms with Crippen LogP contribution in [0, 0.1) is 11.3 Å². The van der Waals surface area contributed by atoms with Crippen molar-refractivity contribution in [2.45, 2.75) is 0 Å². The average Bonchev–Trinajstić information content (AvgIpc) is 2.83. The second-order valence-electron chi connectivity index (χ2n) is 3.50. The zero-order valence-electron chi connectivity index (χ0n) is 8.68. The molecule has 0 bridgehead atoms. The summed E-state index contributed by atoms with van der Waals surface area (Å²) in [5.41, 5.74) is 1.49. The van der Waals surface area contributed by atoms with Crippen molar-refractivity contribution in [1.82, 2.24) is 4.90 Å². The van der Waals surface area contributed by atoms with Crippen molar-refractivity contribution < 1.29 is 0 Å². The minimum atomic E-state index is 0.632. The number of rotatable bonds is 1. The first kappa shape index (κ1) is 10.7. The molecule has 80 valence electrons. The Morgan fingerprint density at radius 2 is 2.12 bits per heavy atom. The molecule has 0 atom stereocenters. The van der Waals surface area contributed by atoms with Crippen molar-refractivity contribution in [2.75, 3.05) is 18.4 Å². The Bertz CT molecular complexity index is 465. The van der Waals surface area contributed by atoms with Crippen LogP contribution in [0.5, 0.6) is 0 Å². The van der Waals surface area contributed by atoms with Crippen LogP contribution in [-0.2, 0) is 0 Å². The second kappa shape index (κ2) is 4.77. The molecular formula is C12H11N3S. The molecule has 1 aromatic rings. The van der Waals surface area contributed by atoms with Gasteiger partial charge in [0.25, 0.3) is 0 Å². The minimum Gasteiger partial charge on any atom is -0.342 e. The molecule has 0 aromatic heterocycles. The zero-order valence-corrected chi connectivity index (χ0v) is 9.50. The molecule has 1 aliphatic heterocycles. The van der Waals surface area contributed by atoms with Crippen LogP contribution in [0.3, 0.4) is 0 Å². The van der Waals surface area contributed by atoms with Gasteiger partial charge in [-0.2, -0.15) is 5.26 Å². The van der Waals surface area contributed by atoms with E-state index >= 15 is 0 Å². The van der Waals surface area contributed by atoms with Gasteiger partial charge < -0.3 is 10.2 Å². The summed E-state index contributed by atoms with van der Waals surface area (Å²) in [7, 11) is 0. The van der Waals surface area contributed by atoms with E-state index in [1.54, 1.807) is 12.1 Å². The van der Waals surface area contributed by atoms with Crippen LogP contribution in [0.4, 0.5) is 5.69 Å². The number of hydrogen-bond acceptors (Lipinski definition) is 2. The number of benzene rings is 1. The monoisotopic (exact) mass is 229 g/mol. The van der Waals surface area contributed by atoms with Crippen molar-refractivity contribution in [2.24, 2.45) is 0 Å². The molecule has 1 heterocycles. The molecular weight excluding hydrogens is 218 g/mol. The summed E-state index contributed by atoms with van der Waals surface area (Å²) in [6.45, 7) is 1.70. The Morgan fingerprint density at radius 3 is 2.81 bits per heavy atom. The number of thiocarbonyl (C=S) groups is 1. The quantitative estimate of drug-likeness (QED) is 0.591. The van der Waals surface area contributed by atoms with E-state index in [9.17, 15) is 0 Å². The van der Waals surface area contributed by atoms with Gasteiger partial charge in [0.1, 0.15) is 0 Å². The van der Waals surface area contributed by atoms with E-state index in [-0.39, 0.29) is 0 Å². The van der Waals surface area contributed by atoms with Crippen molar-refractivity contribution in [3.05, 3.63) is 42.0 Å². The van der Waals surface area contributed by atoms with Gasteiger partial charge in [-0.15, -0.1) is 0 Å². The van der Waals surface area contributed by atoms with Crippen molar-refractivity contribution >= 4 is 23.0 Å². The maximum absolute atomic E-state index is 8.78. The third kappa shape index (κ3) is 2.38. The van der Waals surface area contributed by atoms with Crippen LogP contribution in [0.25, 0.3) is 0 Å². The Morgan fingerprint density at radius 1 is 1.38 bits per heavy atom. The molecule has 3 nitrogen and oxygen atoms in total. The molecule has 0 spiro atoms. The fraction of sp³-hybridized carbons (Fsp3) is 0.167. The van der Waals surface area contributed by atoms with Crippen molar-refractivity contribution in [3.63, 3.8) is 0 Å². The van der Waals surface area contributed by atoms with Gasteiger partial charge in [0.05, 0.1) is 11.6 Å². The number of anilines is 1. The second-order valence-corrected chi connectivity index (χ2v) is 3.89. The standard InChI is InChI=1S/C12H11N3S/c13-9-10-4-3-5-11(8-10)14-12(16)15-6-1-2-7-15/h1-5,8H,6-7H2,(H,14,16). The van der Waals surface area contributed by atoms with Crippen molar-refractivity contribution in [3.8, 4) is 6.07 Å². The Labute approximate surface area is 100.0 Å². The van der Waals surface area contributed by atoms with Crippen molar-refractivity contribution in [1.29, 1.82) is 5.26 Å². The van der Waals surface area contributed by atoms with E-state index in [1.807, 2.05) is 17.0 Å². The summed E-state index contributed by atoms with van der Waals surface area (Å²) in [6, 6.07) is 9.40. The van der Waals surface area contributed by atoms with Crippen LogP contribution in [0.1, 0.15) is 5.56 Å². The lowest BCUT2D eigenvalue weighted by Crippen LogP contribution is -2.32. The lowest BCUT2D eigenvalue weighted by atomic mass is 10.2. The molecule has 16 heavy (non-hydrogen) atoms. The third-order valence-electron chi connectivity index (χ3n) is 2.35. The third-order valence-corrected chi connectivity index (χ3v) is 2.71. The van der Waals surface area contributed by atoms with Gasteiger partial charge in [-0.25, -0.2) is 0 Å². The molecule has 0 radical (unpaired) electrons. The molecule has 0 amide bonds. The van der Waals surface area contributed by atoms with E-state index in [2.05, 4.69) is 23.5 Å². The largest absolute Gasteiger partial charge is 0.342 e. The lowest BCUT2D eigenvalue weighted by Gasteiger charge is -2.19. The van der Waals surface area contributed by atoms with Crippen LogP contribution in [0.15, 0.2) is 36.4 Å². The van der Waals surface area contributed by atoms with E-state index in [4.69, 9.17) is 17.5 Å². The average molecular weight is 229 g/mol. The molecule has 0 unspecified atom stereocenters. The number of hydrogen-bond donors (Lipinski definition) is 1. The topological polar surface area (TPSA) is 39.1 Å². The summed E-state index contributed by atoms with van der Waals surface area (Å²) in [5.74, 6) is 0. The fourth-order valence-electron chi connectivity index (χ4n) is 1.51. The van der Waals surface area contributed by atoms with Gasteiger partial charge in [0.2, 0.25) is 0 Å². The van der Waals surface area contributed by atoms with Crippen LogP contribution >= 0.6 is 12.2 Å². The van der Waals surface area contributed by atoms with Crippen LogP contribution < -0.4 is 5.32 Å². The molecule has 1 N–H and O–H groups in total. The SMILES string of the molecule is N#Cc1cccc(NC(=S)N2CC=CC2)c1. The van der Waals surface area contributed by atoms with Gasteiger partial charge in [-0.3, -0.25) is 0 Å². The van der Waals surface area contributed by atoms with Gasteiger partial charge in [-0.1, -0.05) is 18.2 Å². The minimum absolute atomic E-state index is 0.632. The molecule has 0 saturated heterocycles. The Balaban J connectivity index is 2.03. The smallest absolute Gasteiger partial charge is 0.173 e. The maximum atomic E-state index is 8.78. The molecule has 0 fully saturated rings. The highest BCUT2D eigenvalue weighted by Crippen LogP contribution is 2.11. The molecule has 1 aliphatic rings. The summed E-state index contributed by atoms with van der Waals surface area (Å²) < 4.78 is 0. The Kier molecular flexibility index (Phi) is 3.18. The predicted octanol–water partition coefficient (Wildman–Crippen LogP) is 2.13. The Hall–Kier alpha value is -1.86. The highest BCUT2D eigenvalue weighted by Gasteiger charge is 2.10. The van der Waals surface area contributed by atoms with E-state index in [1.165, 1.54) is 0 Å². The highest BCUT2D eigenvalue weighted by atomic mass is 32.1. The maximum Gasteiger partial charge on any atom is 0.173 e. The van der Waals surface area contributed by atoms with Crippen LogP contribution in [-0.4, -0.2) is 23.1 Å². The number of nitrogens with zero attached hydrogens (tertiary/aromatic N) is 2. The predicted molar refractivity (Wildman–Crippen MR) is 68.1 cm³/mol. The lowest BCUT2D eigenvalue weighted by molar-refractivity contribution is 0.549. The molecule has 4 heteroatoms. The van der Waals surface area contributed by atoms with Gasteiger partial charge in [0, 0.05) is 18.8 Å². The summed E-state index contributed by atoms with van der Waals surface area (Å²) in [5, 5.41) is 12.6. The first-order valence-corrected chi connectivity index (χ1v) is 5.41. The molecule has 0 aliphatic carbocycles. The van der Waals surface area contributed by atoms with Gasteiger partial charge in [0.15, 0.2) is 5.11 Å². The highest BCUT2D eigenvalue weighted by molar-refractivity contribution is 7.80. The van der Waals surface area contributed by atoms with E-state index < -0.39 is 0 Å². The summed E-state index contributed by atoms with van der Waals surface area (Å²) >= 11 is 5.27. The normalized spacial score (nSPS) is 13.6. The first-order chi connectivity index (χ1) is 7.79. The fourth-order valence-corrected chi connectivity index (χ4v) is 1.78. The van der Waals surface area contributed by atoms with E-state index in [0.717, 1.165) is 18.8 Å². The summed E-state index contributed by atoms with van der Waals surface area (Å²) in [4.78, 5) is 2.05. The molecule has 0 saturated carbocycles. The van der Waals surface area contributed by atoms with Gasteiger partial charge in [-0.05, 0) is 30.4 Å². The van der Waals surface area contributed by atoms with E-state index in [0.29, 0.717) is 10.7 Å². The van der Waals surface area contributed by atoms with Gasteiger partial charge >= 0.3 is 0 Å². The van der Waals surface area contributed by atoms with Crippen LogP contribution in [0.2, 0.25) is 0 Å².